The minimum Gasteiger partial charge on any atom is -0.507 e. The molecule has 6 nitrogen and oxygen atoms in total. The SMILES string of the molecule is CCCC1=C([C@H](O)CC/C(=C/c2ccc(O)c3ccccc23)c2ccccc2)[C@H](CO)[C@@H]2C(=O)N(C)C(=O)[C@@H]2C1. The molecule has 3 aromatic rings. The Morgan fingerprint density at radius 3 is 2.40 bits per heavy atom. The molecule has 208 valence electrons. The molecule has 1 fully saturated rings. The second-order valence-electron chi connectivity index (χ2n) is 11.0. The molecule has 0 radical (unpaired) electrons. The van der Waals surface area contributed by atoms with Gasteiger partial charge >= 0.3 is 0 Å². The average molecular weight is 540 g/mol. The molecule has 6 heteroatoms. The number of nitrogens with zero attached hydrogens (tertiary/aromatic N) is 1. The van der Waals surface area contributed by atoms with E-state index in [4.69, 9.17) is 0 Å². The van der Waals surface area contributed by atoms with Gasteiger partial charge in [0, 0.05) is 18.4 Å². The summed E-state index contributed by atoms with van der Waals surface area (Å²) in [5.41, 5.74) is 4.79. The van der Waals surface area contributed by atoms with Crippen LogP contribution in [0.1, 0.15) is 50.2 Å². The predicted octanol–water partition coefficient (Wildman–Crippen LogP) is 5.57. The summed E-state index contributed by atoms with van der Waals surface area (Å²) < 4.78 is 0. The first-order valence-electron chi connectivity index (χ1n) is 14.1. The Morgan fingerprint density at radius 2 is 1.70 bits per heavy atom. The fourth-order valence-corrected chi connectivity index (χ4v) is 6.68. The molecule has 1 aliphatic heterocycles. The summed E-state index contributed by atoms with van der Waals surface area (Å²) in [7, 11) is 1.51. The summed E-state index contributed by atoms with van der Waals surface area (Å²) in [6, 6.07) is 21.4. The number of aliphatic hydroxyl groups is 2. The topological polar surface area (TPSA) is 98.1 Å². The summed E-state index contributed by atoms with van der Waals surface area (Å²) >= 11 is 0. The molecule has 5 rings (SSSR count). The zero-order valence-corrected chi connectivity index (χ0v) is 23.1. The number of rotatable bonds is 9. The minimum atomic E-state index is -0.850. The number of aromatic hydroxyl groups is 1. The first-order chi connectivity index (χ1) is 19.3. The van der Waals surface area contributed by atoms with Crippen molar-refractivity contribution < 1.29 is 24.9 Å². The number of hydrogen-bond acceptors (Lipinski definition) is 5. The maximum atomic E-state index is 13.0. The number of phenols is 1. The van der Waals surface area contributed by atoms with Crippen molar-refractivity contribution in [1.29, 1.82) is 0 Å². The van der Waals surface area contributed by atoms with Crippen LogP contribution in [0, 0.1) is 17.8 Å². The highest BCUT2D eigenvalue weighted by molar-refractivity contribution is 6.05. The minimum absolute atomic E-state index is 0.189. The van der Waals surface area contributed by atoms with E-state index in [0.29, 0.717) is 19.3 Å². The Balaban J connectivity index is 1.49. The van der Waals surface area contributed by atoms with Gasteiger partial charge in [0.2, 0.25) is 11.8 Å². The fourth-order valence-electron chi connectivity index (χ4n) is 6.68. The molecular formula is C34H37NO5. The van der Waals surface area contributed by atoms with E-state index in [1.165, 1.54) is 11.9 Å². The van der Waals surface area contributed by atoms with Gasteiger partial charge in [0.1, 0.15) is 5.75 Å². The number of carbonyl (C=O) groups is 2. The molecule has 3 aromatic carbocycles. The van der Waals surface area contributed by atoms with E-state index >= 15 is 0 Å². The van der Waals surface area contributed by atoms with E-state index < -0.39 is 23.9 Å². The molecule has 0 bridgehead atoms. The van der Waals surface area contributed by atoms with Crippen LogP contribution in [0.4, 0.5) is 0 Å². The molecule has 1 saturated heterocycles. The number of imide groups is 1. The van der Waals surface area contributed by atoms with Gasteiger partial charge in [-0.15, -0.1) is 0 Å². The third-order valence-corrected chi connectivity index (χ3v) is 8.61. The van der Waals surface area contributed by atoms with Crippen LogP contribution in [0.25, 0.3) is 22.4 Å². The fraction of sp³-hybridized carbons (Fsp3) is 0.353. The average Bonchev–Trinajstić information content (AvgIpc) is 3.19. The highest BCUT2D eigenvalue weighted by atomic mass is 16.3. The Labute approximate surface area is 235 Å². The first-order valence-corrected chi connectivity index (χ1v) is 14.1. The number of hydrogen-bond donors (Lipinski definition) is 3. The lowest BCUT2D eigenvalue weighted by Crippen LogP contribution is -2.39. The van der Waals surface area contributed by atoms with Crippen LogP contribution < -0.4 is 0 Å². The number of likely N-dealkylation sites (tertiary alicyclic amines) is 1. The van der Waals surface area contributed by atoms with E-state index in [0.717, 1.165) is 51.5 Å². The normalized spacial score (nSPS) is 22.2. The number of fused-ring (bicyclic) bond motifs is 2. The van der Waals surface area contributed by atoms with Crippen LogP contribution in [0.15, 0.2) is 77.9 Å². The number of amides is 2. The largest absolute Gasteiger partial charge is 0.507 e. The van der Waals surface area contributed by atoms with Crippen LogP contribution >= 0.6 is 0 Å². The standard InChI is InChI=1S/C34H37NO5/c1-3-9-24-19-27-32(34(40)35(2)33(27)39)28(20-36)31(24)30(38)17-14-22(21-10-5-4-6-11-21)18-23-15-16-29(37)26-13-8-7-12-25(23)26/h4-8,10-13,15-16,18,27-28,30,32,36-38H,3,9,14,17,19-20H2,1-2H3/b22-18-/t27-,28+,30-,32-/m1/s1. The second kappa shape index (κ2) is 11.8. The quantitative estimate of drug-likeness (QED) is 0.188. The summed E-state index contributed by atoms with van der Waals surface area (Å²) in [4.78, 5) is 27.0. The third kappa shape index (κ3) is 5.09. The van der Waals surface area contributed by atoms with Crippen molar-refractivity contribution in [3.05, 3.63) is 89.0 Å². The molecule has 1 aliphatic carbocycles. The molecule has 4 atom stereocenters. The highest BCUT2D eigenvalue weighted by Crippen LogP contribution is 2.47. The van der Waals surface area contributed by atoms with E-state index in [9.17, 15) is 24.9 Å². The van der Waals surface area contributed by atoms with Crippen molar-refractivity contribution in [2.75, 3.05) is 13.7 Å². The lowest BCUT2D eigenvalue weighted by molar-refractivity contribution is -0.138. The van der Waals surface area contributed by atoms with E-state index in [1.54, 1.807) is 6.07 Å². The summed E-state index contributed by atoms with van der Waals surface area (Å²) in [6.45, 7) is 1.78. The smallest absolute Gasteiger partial charge is 0.233 e. The zero-order valence-electron chi connectivity index (χ0n) is 23.1. The van der Waals surface area contributed by atoms with Crippen molar-refractivity contribution >= 4 is 34.2 Å². The molecule has 0 unspecified atom stereocenters. The van der Waals surface area contributed by atoms with Crippen LogP contribution in [0.2, 0.25) is 0 Å². The maximum Gasteiger partial charge on any atom is 0.233 e. The molecule has 2 aliphatic rings. The van der Waals surface area contributed by atoms with Crippen molar-refractivity contribution in [3.8, 4) is 5.75 Å². The van der Waals surface area contributed by atoms with Crippen LogP contribution in [-0.4, -0.2) is 51.8 Å². The Morgan fingerprint density at radius 1 is 1.00 bits per heavy atom. The monoisotopic (exact) mass is 539 g/mol. The lowest BCUT2D eigenvalue weighted by Gasteiger charge is -2.36. The number of carbonyl (C=O) groups excluding carboxylic acids is 2. The Bertz CT molecular complexity index is 1470. The zero-order chi connectivity index (χ0) is 28.4. The molecule has 2 amide bonds. The summed E-state index contributed by atoms with van der Waals surface area (Å²) in [5, 5.41) is 34.2. The summed E-state index contributed by atoms with van der Waals surface area (Å²) in [5.74, 6) is -1.88. The lowest BCUT2D eigenvalue weighted by atomic mass is 9.67. The van der Waals surface area contributed by atoms with E-state index in [-0.39, 0.29) is 24.2 Å². The van der Waals surface area contributed by atoms with Crippen molar-refractivity contribution in [2.45, 2.75) is 45.1 Å². The van der Waals surface area contributed by atoms with Gasteiger partial charge in [-0.25, -0.2) is 0 Å². The van der Waals surface area contributed by atoms with Gasteiger partial charge in [-0.2, -0.15) is 0 Å². The highest BCUT2D eigenvalue weighted by Gasteiger charge is 2.53. The van der Waals surface area contributed by atoms with Gasteiger partial charge in [0.05, 0.1) is 24.5 Å². The summed E-state index contributed by atoms with van der Waals surface area (Å²) in [6.07, 6.45) is 4.25. The van der Waals surface area contributed by atoms with Crippen LogP contribution in [-0.2, 0) is 9.59 Å². The van der Waals surface area contributed by atoms with Gasteiger partial charge in [-0.3, -0.25) is 14.5 Å². The molecule has 1 heterocycles. The number of aliphatic hydroxyl groups excluding tert-OH is 2. The Kier molecular flexibility index (Phi) is 8.19. The van der Waals surface area contributed by atoms with Crippen LogP contribution in [0.5, 0.6) is 5.75 Å². The van der Waals surface area contributed by atoms with Crippen molar-refractivity contribution in [3.63, 3.8) is 0 Å². The van der Waals surface area contributed by atoms with Gasteiger partial charge in [-0.1, -0.05) is 85.7 Å². The van der Waals surface area contributed by atoms with Gasteiger partial charge in [0.25, 0.3) is 0 Å². The van der Waals surface area contributed by atoms with Gasteiger partial charge < -0.3 is 15.3 Å². The Hall–Kier alpha value is -3.74. The third-order valence-electron chi connectivity index (χ3n) is 8.61. The molecule has 0 aromatic heterocycles. The molecular weight excluding hydrogens is 502 g/mol. The van der Waals surface area contributed by atoms with Crippen LogP contribution in [0.3, 0.4) is 0 Å². The molecule has 0 saturated carbocycles. The molecule has 0 spiro atoms. The van der Waals surface area contributed by atoms with E-state index in [1.807, 2.05) is 60.7 Å². The second-order valence-corrected chi connectivity index (χ2v) is 11.0. The van der Waals surface area contributed by atoms with E-state index in [2.05, 4.69) is 13.0 Å². The molecule has 3 N–H and O–H groups in total. The van der Waals surface area contributed by atoms with Gasteiger partial charge in [0.15, 0.2) is 0 Å². The maximum absolute atomic E-state index is 13.0. The van der Waals surface area contributed by atoms with Gasteiger partial charge in [-0.05, 0) is 59.4 Å². The number of benzene rings is 3. The number of phenolic OH excluding ortho intramolecular Hbond substituents is 1. The van der Waals surface area contributed by atoms with Crippen molar-refractivity contribution in [2.24, 2.45) is 17.8 Å². The molecule has 40 heavy (non-hydrogen) atoms. The first kappa shape index (κ1) is 27.8. The predicted molar refractivity (Wildman–Crippen MR) is 157 cm³/mol. The number of allylic oxidation sites excluding steroid dienone is 2. The van der Waals surface area contributed by atoms with Crippen molar-refractivity contribution in [1.82, 2.24) is 4.90 Å².